The number of hydrogen-bond acceptors (Lipinski definition) is 2. The number of nitrogens with two attached hydrogens (primary N) is 2. The van der Waals surface area contributed by atoms with Crippen LogP contribution in [0.2, 0.25) is 0 Å². The molecule has 0 spiro atoms. The highest BCUT2D eigenvalue weighted by molar-refractivity contribution is 5.90. The molecule has 0 aliphatic rings. The maximum absolute atomic E-state index is 11.3. The SMILES string of the molecule is CC(C)(N)CN(C(N)=O)c1ccccc1. The van der Waals surface area contributed by atoms with Gasteiger partial charge in [0.25, 0.3) is 0 Å². The first-order valence-corrected chi connectivity index (χ1v) is 4.81. The summed E-state index contributed by atoms with van der Waals surface area (Å²) in [6, 6.07) is 8.77. The third-order valence-electron chi connectivity index (χ3n) is 1.90. The van der Waals surface area contributed by atoms with E-state index in [2.05, 4.69) is 0 Å². The molecule has 0 heterocycles. The number of benzene rings is 1. The molecule has 1 rings (SSSR count). The topological polar surface area (TPSA) is 72.3 Å². The quantitative estimate of drug-likeness (QED) is 0.784. The normalized spacial score (nSPS) is 11.1. The molecule has 15 heavy (non-hydrogen) atoms. The molecule has 0 aliphatic heterocycles. The van der Waals surface area contributed by atoms with Crippen LogP contribution in [0.5, 0.6) is 0 Å². The molecule has 4 N–H and O–H groups in total. The van der Waals surface area contributed by atoms with Crippen LogP contribution in [0.3, 0.4) is 0 Å². The van der Waals surface area contributed by atoms with Crippen LogP contribution < -0.4 is 16.4 Å². The summed E-state index contributed by atoms with van der Waals surface area (Å²) in [5, 5.41) is 0. The van der Waals surface area contributed by atoms with Crippen molar-refractivity contribution in [2.24, 2.45) is 11.5 Å². The van der Waals surface area contributed by atoms with Crippen molar-refractivity contribution in [2.75, 3.05) is 11.4 Å². The minimum atomic E-state index is -0.486. The van der Waals surface area contributed by atoms with Gasteiger partial charge < -0.3 is 11.5 Å². The van der Waals surface area contributed by atoms with Gasteiger partial charge in [-0.1, -0.05) is 18.2 Å². The Labute approximate surface area is 89.9 Å². The lowest BCUT2D eigenvalue weighted by molar-refractivity contribution is 0.252. The Morgan fingerprint density at radius 2 is 1.87 bits per heavy atom. The van der Waals surface area contributed by atoms with Gasteiger partial charge in [-0.05, 0) is 26.0 Å². The van der Waals surface area contributed by atoms with E-state index in [1.54, 1.807) is 0 Å². The second-order valence-corrected chi connectivity index (χ2v) is 4.25. The van der Waals surface area contributed by atoms with Crippen molar-refractivity contribution in [3.63, 3.8) is 0 Å². The first-order chi connectivity index (χ1) is 6.90. The summed E-state index contributed by atoms with van der Waals surface area (Å²) in [5.41, 5.74) is 11.5. The van der Waals surface area contributed by atoms with Gasteiger partial charge in [-0.25, -0.2) is 4.79 Å². The number of para-hydroxylation sites is 1. The molecular weight excluding hydrogens is 190 g/mol. The van der Waals surface area contributed by atoms with Gasteiger partial charge in [0, 0.05) is 17.8 Å². The van der Waals surface area contributed by atoms with E-state index >= 15 is 0 Å². The highest BCUT2D eigenvalue weighted by Crippen LogP contribution is 2.15. The molecule has 0 aromatic heterocycles. The predicted molar refractivity (Wildman–Crippen MR) is 61.6 cm³/mol. The van der Waals surface area contributed by atoms with Crippen LogP contribution >= 0.6 is 0 Å². The van der Waals surface area contributed by atoms with Crippen LogP contribution in [0, 0.1) is 0 Å². The first kappa shape index (κ1) is 11.5. The number of nitrogens with zero attached hydrogens (tertiary/aromatic N) is 1. The maximum atomic E-state index is 11.3. The van der Waals surface area contributed by atoms with Crippen molar-refractivity contribution in [2.45, 2.75) is 19.4 Å². The number of hydrogen-bond donors (Lipinski definition) is 2. The van der Waals surface area contributed by atoms with Crippen LogP contribution in [0.4, 0.5) is 10.5 Å². The van der Waals surface area contributed by atoms with Gasteiger partial charge in [-0.3, -0.25) is 4.90 Å². The molecule has 82 valence electrons. The second-order valence-electron chi connectivity index (χ2n) is 4.25. The van der Waals surface area contributed by atoms with Crippen LogP contribution in [0.25, 0.3) is 0 Å². The molecule has 0 saturated carbocycles. The standard InChI is InChI=1S/C11H17N3O/c1-11(2,13)8-14(10(12)15)9-6-4-3-5-7-9/h3-7H,8,13H2,1-2H3,(H2,12,15). The van der Waals surface area contributed by atoms with E-state index in [1.807, 2.05) is 44.2 Å². The van der Waals surface area contributed by atoms with Gasteiger partial charge in [0.15, 0.2) is 0 Å². The summed E-state index contributed by atoms with van der Waals surface area (Å²) in [7, 11) is 0. The van der Waals surface area contributed by atoms with E-state index in [0.29, 0.717) is 6.54 Å². The van der Waals surface area contributed by atoms with Crippen molar-refractivity contribution in [1.29, 1.82) is 0 Å². The molecule has 0 radical (unpaired) electrons. The van der Waals surface area contributed by atoms with Gasteiger partial charge in [0.2, 0.25) is 0 Å². The van der Waals surface area contributed by atoms with E-state index in [-0.39, 0.29) is 0 Å². The Morgan fingerprint density at radius 1 is 1.33 bits per heavy atom. The lowest BCUT2D eigenvalue weighted by Crippen LogP contribution is -2.49. The van der Waals surface area contributed by atoms with Crippen molar-refractivity contribution in [3.8, 4) is 0 Å². The van der Waals surface area contributed by atoms with Crippen molar-refractivity contribution >= 4 is 11.7 Å². The number of amides is 2. The summed E-state index contributed by atoms with van der Waals surface area (Å²) in [4.78, 5) is 12.7. The Kier molecular flexibility index (Phi) is 3.31. The fourth-order valence-corrected chi connectivity index (χ4v) is 1.31. The highest BCUT2D eigenvalue weighted by Gasteiger charge is 2.20. The van der Waals surface area contributed by atoms with E-state index < -0.39 is 11.6 Å². The first-order valence-electron chi connectivity index (χ1n) is 4.81. The number of carbonyl (C=O) groups is 1. The molecule has 0 atom stereocenters. The largest absolute Gasteiger partial charge is 0.351 e. The summed E-state index contributed by atoms with van der Waals surface area (Å²) in [6.07, 6.45) is 0. The molecular formula is C11H17N3O. The van der Waals surface area contributed by atoms with Crippen molar-refractivity contribution in [1.82, 2.24) is 0 Å². The Morgan fingerprint density at radius 3 is 2.27 bits per heavy atom. The van der Waals surface area contributed by atoms with Crippen LogP contribution in [0.1, 0.15) is 13.8 Å². The molecule has 1 aromatic carbocycles. The van der Waals surface area contributed by atoms with Crippen molar-refractivity contribution in [3.05, 3.63) is 30.3 Å². The van der Waals surface area contributed by atoms with E-state index in [1.165, 1.54) is 4.90 Å². The summed E-state index contributed by atoms with van der Waals surface area (Å²) < 4.78 is 0. The van der Waals surface area contributed by atoms with Gasteiger partial charge in [0.05, 0.1) is 0 Å². The molecule has 1 aromatic rings. The zero-order chi connectivity index (χ0) is 11.5. The molecule has 0 unspecified atom stereocenters. The zero-order valence-electron chi connectivity index (χ0n) is 9.10. The van der Waals surface area contributed by atoms with Gasteiger partial charge in [0.1, 0.15) is 0 Å². The number of rotatable bonds is 3. The molecule has 0 bridgehead atoms. The number of urea groups is 1. The fraction of sp³-hybridized carbons (Fsp3) is 0.364. The smallest absolute Gasteiger partial charge is 0.319 e. The predicted octanol–water partition coefficient (Wildman–Crippen LogP) is 1.31. The average molecular weight is 207 g/mol. The van der Waals surface area contributed by atoms with Gasteiger partial charge in [-0.2, -0.15) is 0 Å². The van der Waals surface area contributed by atoms with Crippen molar-refractivity contribution < 1.29 is 4.79 Å². The Hall–Kier alpha value is -1.55. The summed E-state index contributed by atoms with van der Waals surface area (Å²) in [6.45, 7) is 4.10. The van der Waals surface area contributed by atoms with E-state index in [9.17, 15) is 4.79 Å². The van der Waals surface area contributed by atoms with E-state index in [4.69, 9.17) is 11.5 Å². The monoisotopic (exact) mass is 207 g/mol. The minimum absolute atomic E-state index is 0.395. The minimum Gasteiger partial charge on any atom is -0.351 e. The fourth-order valence-electron chi connectivity index (χ4n) is 1.31. The lowest BCUT2D eigenvalue weighted by Gasteiger charge is -2.28. The van der Waals surface area contributed by atoms with Crippen LogP contribution in [-0.4, -0.2) is 18.1 Å². The molecule has 2 amide bonds. The molecule has 0 saturated heterocycles. The zero-order valence-corrected chi connectivity index (χ0v) is 9.10. The third-order valence-corrected chi connectivity index (χ3v) is 1.90. The average Bonchev–Trinajstić information content (AvgIpc) is 2.14. The van der Waals surface area contributed by atoms with Gasteiger partial charge >= 0.3 is 6.03 Å². The van der Waals surface area contributed by atoms with Crippen LogP contribution in [0.15, 0.2) is 30.3 Å². The molecule has 4 heteroatoms. The Bertz CT molecular complexity index is 329. The molecule has 0 aliphatic carbocycles. The van der Waals surface area contributed by atoms with Gasteiger partial charge in [-0.15, -0.1) is 0 Å². The lowest BCUT2D eigenvalue weighted by atomic mass is 10.1. The summed E-state index contributed by atoms with van der Waals surface area (Å²) >= 11 is 0. The number of anilines is 1. The highest BCUT2D eigenvalue weighted by atomic mass is 16.2. The number of primary amides is 1. The second kappa shape index (κ2) is 4.31. The Balaban J connectivity index is 2.90. The third kappa shape index (κ3) is 3.59. The van der Waals surface area contributed by atoms with E-state index in [0.717, 1.165) is 5.69 Å². The molecule has 4 nitrogen and oxygen atoms in total. The summed E-state index contributed by atoms with van der Waals surface area (Å²) in [5.74, 6) is 0. The number of carbonyl (C=O) groups excluding carboxylic acids is 1. The van der Waals surface area contributed by atoms with Crippen LogP contribution in [-0.2, 0) is 0 Å². The maximum Gasteiger partial charge on any atom is 0.319 e. The molecule has 0 fully saturated rings.